The second-order valence-electron chi connectivity index (χ2n) is 6.17. The number of nitrogens with two attached hydrogens (primary N) is 1. The van der Waals surface area contributed by atoms with E-state index in [0.717, 1.165) is 11.1 Å². The van der Waals surface area contributed by atoms with Crippen molar-refractivity contribution in [2.24, 2.45) is 5.73 Å². The van der Waals surface area contributed by atoms with E-state index < -0.39 is 0 Å². The Labute approximate surface area is 127 Å². The average Bonchev–Trinajstić information content (AvgIpc) is 2.47. The van der Waals surface area contributed by atoms with Crippen LogP contribution in [0, 0.1) is 5.82 Å². The molecule has 2 aromatic rings. The molecule has 0 radical (unpaired) electrons. The molecule has 1 nitrogen and oxygen atoms in total. The summed E-state index contributed by atoms with van der Waals surface area (Å²) in [6.07, 6.45) is 0. The zero-order chi connectivity index (χ0) is 15.6. The predicted molar refractivity (Wildman–Crippen MR) is 87.9 cm³/mol. The van der Waals surface area contributed by atoms with E-state index >= 15 is 0 Å². The molecule has 2 rings (SSSR count). The third-order valence-electron chi connectivity index (χ3n) is 3.92. The van der Waals surface area contributed by atoms with Gasteiger partial charge in [-0.25, -0.2) is 4.39 Å². The summed E-state index contributed by atoms with van der Waals surface area (Å²) in [5.74, 6) is 0.628. The summed E-state index contributed by atoms with van der Waals surface area (Å²) in [4.78, 5) is 0. The lowest BCUT2D eigenvalue weighted by molar-refractivity contribution is 0.630. The Morgan fingerprint density at radius 1 is 0.905 bits per heavy atom. The molecule has 0 atom stereocenters. The molecule has 0 aromatic heterocycles. The molecule has 0 heterocycles. The van der Waals surface area contributed by atoms with Crippen LogP contribution in [-0.2, 0) is 6.54 Å². The van der Waals surface area contributed by atoms with Crippen LogP contribution in [0.2, 0.25) is 0 Å². The minimum Gasteiger partial charge on any atom is -0.326 e. The molecule has 0 bridgehead atoms. The second-order valence-corrected chi connectivity index (χ2v) is 6.17. The summed E-state index contributed by atoms with van der Waals surface area (Å²) in [6, 6.07) is 11.5. The van der Waals surface area contributed by atoms with Crippen molar-refractivity contribution in [1.82, 2.24) is 0 Å². The highest BCUT2D eigenvalue weighted by molar-refractivity contribution is 5.70. The highest BCUT2D eigenvalue weighted by atomic mass is 19.1. The van der Waals surface area contributed by atoms with E-state index in [1.807, 2.05) is 12.1 Å². The molecule has 0 unspecified atom stereocenters. The van der Waals surface area contributed by atoms with Crippen LogP contribution in [0.15, 0.2) is 36.4 Å². The fourth-order valence-electron chi connectivity index (χ4n) is 2.57. The quantitative estimate of drug-likeness (QED) is 0.821. The molecule has 0 aliphatic carbocycles. The van der Waals surface area contributed by atoms with Crippen LogP contribution in [0.4, 0.5) is 4.39 Å². The van der Waals surface area contributed by atoms with Crippen molar-refractivity contribution < 1.29 is 4.39 Å². The Morgan fingerprint density at radius 2 is 1.62 bits per heavy atom. The Balaban J connectivity index is 2.63. The normalized spacial score (nSPS) is 11.4. The number of hydrogen-bond donors (Lipinski definition) is 1. The first kappa shape index (κ1) is 15.7. The van der Waals surface area contributed by atoms with Gasteiger partial charge in [-0.1, -0.05) is 52.0 Å². The van der Waals surface area contributed by atoms with Gasteiger partial charge in [0.25, 0.3) is 0 Å². The van der Waals surface area contributed by atoms with E-state index in [9.17, 15) is 4.39 Å². The van der Waals surface area contributed by atoms with E-state index in [1.165, 1.54) is 17.2 Å². The minimum absolute atomic E-state index is 0.189. The monoisotopic (exact) mass is 285 g/mol. The molecule has 0 saturated carbocycles. The lowest BCUT2D eigenvalue weighted by Gasteiger charge is -2.17. The standard InChI is InChI=1S/C19H24FN/c1-12(2)15-6-7-16(17(10-15)13(3)4)18-9-14(11-21)5-8-19(18)20/h5-10,12-13H,11,21H2,1-4H3. The van der Waals surface area contributed by atoms with Crippen LogP contribution in [0.5, 0.6) is 0 Å². The van der Waals surface area contributed by atoms with E-state index in [-0.39, 0.29) is 5.82 Å². The molecule has 0 aliphatic heterocycles. The zero-order valence-electron chi connectivity index (χ0n) is 13.3. The summed E-state index contributed by atoms with van der Waals surface area (Å²) >= 11 is 0. The van der Waals surface area contributed by atoms with Crippen LogP contribution >= 0.6 is 0 Å². The first-order valence-corrected chi connectivity index (χ1v) is 7.56. The van der Waals surface area contributed by atoms with Gasteiger partial charge in [0.2, 0.25) is 0 Å². The fraction of sp³-hybridized carbons (Fsp3) is 0.368. The van der Waals surface area contributed by atoms with Crippen molar-refractivity contribution in [3.63, 3.8) is 0 Å². The Hall–Kier alpha value is -1.67. The van der Waals surface area contributed by atoms with Gasteiger partial charge < -0.3 is 5.73 Å². The summed E-state index contributed by atoms with van der Waals surface area (Å²) in [5, 5.41) is 0. The maximum atomic E-state index is 14.3. The number of halogens is 1. The van der Waals surface area contributed by atoms with Gasteiger partial charge in [0.15, 0.2) is 0 Å². The molecule has 2 aromatic carbocycles. The van der Waals surface area contributed by atoms with Gasteiger partial charge in [0.1, 0.15) is 5.82 Å². The van der Waals surface area contributed by atoms with Gasteiger partial charge in [0.05, 0.1) is 0 Å². The minimum atomic E-state index is -0.189. The van der Waals surface area contributed by atoms with Gasteiger partial charge >= 0.3 is 0 Å². The van der Waals surface area contributed by atoms with Gasteiger partial charge in [-0.2, -0.15) is 0 Å². The molecule has 0 aliphatic rings. The molecule has 0 spiro atoms. The average molecular weight is 285 g/mol. The molecule has 0 amide bonds. The molecule has 0 fully saturated rings. The van der Waals surface area contributed by atoms with E-state index in [2.05, 4.69) is 39.8 Å². The van der Waals surface area contributed by atoms with Gasteiger partial charge in [0, 0.05) is 12.1 Å². The smallest absolute Gasteiger partial charge is 0.131 e. The van der Waals surface area contributed by atoms with Gasteiger partial charge in [-0.3, -0.25) is 0 Å². The van der Waals surface area contributed by atoms with Gasteiger partial charge in [-0.05, 0) is 46.2 Å². The first-order chi connectivity index (χ1) is 9.93. The van der Waals surface area contributed by atoms with Crippen LogP contribution in [0.1, 0.15) is 56.2 Å². The van der Waals surface area contributed by atoms with E-state index in [1.54, 1.807) is 6.07 Å². The molecule has 0 saturated heterocycles. The second kappa shape index (κ2) is 6.40. The van der Waals surface area contributed by atoms with Crippen molar-refractivity contribution in [2.45, 2.75) is 46.1 Å². The first-order valence-electron chi connectivity index (χ1n) is 7.56. The van der Waals surface area contributed by atoms with Crippen LogP contribution < -0.4 is 5.73 Å². The maximum Gasteiger partial charge on any atom is 0.131 e. The Kier molecular flexibility index (Phi) is 4.79. The summed E-state index contributed by atoms with van der Waals surface area (Å²) in [6.45, 7) is 9.07. The summed E-state index contributed by atoms with van der Waals surface area (Å²) in [7, 11) is 0. The Morgan fingerprint density at radius 3 is 2.19 bits per heavy atom. The number of rotatable bonds is 4. The van der Waals surface area contributed by atoms with Crippen molar-refractivity contribution in [3.05, 3.63) is 58.9 Å². The van der Waals surface area contributed by atoms with Crippen molar-refractivity contribution in [2.75, 3.05) is 0 Å². The lowest BCUT2D eigenvalue weighted by Crippen LogP contribution is -2.00. The van der Waals surface area contributed by atoms with Crippen LogP contribution in [-0.4, -0.2) is 0 Å². The topological polar surface area (TPSA) is 26.0 Å². The third-order valence-corrected chi connectivity index (χ3v) is 3.92. The molecule has 2 heteroatoms. The van der Waals surface area contributed by atoms with Crippen LogP contribution in [0.25, 0.3) is 11.1 Å². The van der Waals surface area contributed by atoms with E-state index in [4.69, 9.17) is 5.73 Å². The maximum absolute atomic E-state index is 14.3. The Bertz CT molecular complexity index is 629. The van der Waals surface area contributed by atoms with Gasteiger partial charge in [-0.15, -0.1) is 0 Å². The molecule has 2 N–H and O–H groups in total. The molecular formula is C19H24FN. The fourth-order valence-corrected chi connectivity index (χ4v) is 2.57. The predicted octanol–water partition coefficient (Wildman–Crippen LogP) is 5.20. The van der Waals surface area contributed by atoms with Crippen molar-refractivity contribution in [3.8, 4) is 11.1 Å². The molecule has 112 valence electrons. The number of benzene rings is 2. The number of hydrogen-bond acceptors (Lipinski definition) is 1. The summed E-state index contributed by atoms with van der Waals surface area (Å²) < 4.78 is 14.3. The van der Waals surface area contributed by atoms with Crippen LogP contribution in [0.3, 0.4) is 0 Å². The van der Waals surface area contributed by atoms with Crippen molar-refractivity contribution in [1.29, 1.82) is 0 Å². The highest BCUT2D eigenvalue weighted by Gasteiger charge is 2.14. The molecule has 21 heavy (non-hydrogen) atoms. The van der Waals surface area contributed by atoms with E-state index in [0.29, 0.717) is 23.9 Å². The highest BCUT2D eigenvalue weighted by Crippen LogP contribution is 2.33. The van der Waals surface area contributed by atoms with Crippen molar-refractivity contribution >= 4 is 0 Å². The zero-order valence-corrected chi connectivity index (χ0v) is 13.3. The largest absolute Gasteiger partial charge is 0.326 e. The third kappa shape index (κ3) is 3.33. The SMILES string of the molecule is CC(C)c1ccc(-c2cc(CN)ccc2F)c(C(C)C)c1. The summed E-state index contributed by atoms with van der Waals surface area (Å²) in [5.41, 5.74) is 10.7. The lowest BCUT2D eigenvalue weighted by atomic mass is 9.88. The molecular weight excluding hydrogens is 261 g/mol.